The number of halogens is 2. The topological polar surface area (TPSA) is 51.0 Å². The Hall–Kier alpha value is -1.30. The molecule has 0 atom stereocenters. The number of nitrogens with zero attached hydrogens (tertiary/aromatic N) is 2. The first-order valence-electron chi connectivity index (χ1n) is 5.11. The Labute approximate surface area is 117 Å². The predicted molar refractivity (Wildman–Crippen MR) is 73.5 cm³/mol. The molecule has 7 heteroatoms. The SMILES string of the molecule is Clc1cc(Cl)c2nsnc2c1NCc1ccoc1. The minimum Gasteiger partial charge on any atom is -0.472 e. The van der Waals surface area contributed by atoms with Crippen molar-refractivity contribution >= 4 is 51.7 Å². The zero-order valence-electron chi connectivity index (χ0n) is 8.98. The number of aromatic nitrogens is 2. The maximum atomic E-state index is 6.17. The lowest BCUT2D eigenvalue weighted by Gasteiger charge is -2.08. The molecule has 0 saturated carbocycles. The highest BCUT2D eigenvalue weighted by atomic mass is 35.5. The Morgan fingerprint density at radius 2 is 2.06 bits per heavy atom. The van der Waals surface area contributed by atoms with Crippen molar-refractivity contribution in [3.63, 3.8) is 0 Å². The van der Waals surface area contributed by atoms with E-state index in [9.17, 15) is 0 Å². The molecule has 0 amide bonds. The van der Waals surface area contributed by atoms with Gasteiger partial charge in [-0.1, -0.05) is 23.2 Å². The standard InChI is InChI=1S/C11H7Cl2N3OS/c12-7-3-8(13)10-11(16-18-15-10)9(7)14-4-6-1-2-17-5-6/h1-3,5,14H,4H2. The molecule has 1 N–H and O–H groups in total. The molecule has 0 saturated heterocycles. The number of nitrogens with one attached hydrogen (secondary N) is 1. The minimum absolute atomic E-state index is 0.512. The van der Waals surface area contributed by atoms with E-state index in [0.29, 0.717) is 27.6 Å². The van der Waals surface area contributed by atoms with Gasteiger partial charge in [0.05, 0.1) is 40.0 Å². The second kappa shape index (κ2) is 4.76. The van der Waals surface area contributed by atoms with Crippen LogP contribution in [0.1, 0.15) is 5.56 Å². The van der Waals surface area contributed by atoms with Crippen molar-refractivity contribution in [2.45, 2.75) is 6.54 Å². The Morgan fingerprint density at radius 3 is 2.83 bits per heavy atom. The molecule has 18 heavy (non-hydrogen) atoms. The van der Waals surface area contributed by atoms with Crippen LogP contribution >= 0.6 is 34.9 Å². The molecule has 2 heterocycles. The fraction of sp³-hybridized carbons (Fsp3) is 0.0909. The summed E-state index contributed by atoms with van der Waals surface area (Å²) in [6.45, 7) is 0.602. The number of anilines is 1. The van der Waals surface area contributed by atoms with Gasteiger partial charge in [0.1, 0.15) is 11.0 Å². The van der Waals surface area contributed by atoms with Crippen molar-refractivity contribution in [2.24, 2.45) is 0 Å². The highest BCUT2D eigenvalue weighted by Crippen LogP contribution is 2.35. The fourth-order valence-corrected chi connectivity index (χ4v) is 2.80. The molecule has 0 spiro atoms. The van der Waals surface area contributed by atoms with Gasteiger partial charge in [-0.05, 0) is 12.1 Å². The summed E-state index contributed by atoms with van der Waals surface area (Å²) >= 11 is 13.3. The van der Waals surface area contributed by atoms with E-state index in [1.807, 2.05) is 6.07 Å². The summed E-state index contributed by atoms with van der Waals surface area (Å²) in [5, 5.41) is 4.27. The number of fused-ring (bicyclic) bond motifs is 1. The minimum atomic E-state index is 0.512. The third kappa shape index (κ3) is 2.05. The smallest absolute Gasteiger partial charge is 0.130 e. The van der Waals surface area contributed by atoms with Crippen LogP contribution in [0.5, 0.6) is 0 Å². The molecule has 3 rings (SSSR count). The molecule has 2 aromatic heterocycles. The third-order valence-corrected chi connectivity index (χ3v) is 3.61. The van der Waals surface area contributed by atoms with Gasteiger partial charge >= 0.3 is 0 Å². The largest absolute Gasteiger partial charge is 0.472 e. The van der Waals surface area contributed by atoms with E-state index in [-0.39, 0.29) is 0 Å². The highest BCUT2D eigenvalue weighted by molar-refractivity contribution is 7.00. The van der Waals surface area contributed by atoms with E-state index >= 15 is 0 Å². The summed E-state index contributed by atoms with van der Waals surface area (Å²) in [4.78, 5) is 0. The second-order valence-corrected chi connectivity index (χ2v) is 5.00. The first kappa shape index (κ1) is 11.8. The molecule has 0 bridgehead atoms. The van der Waals surface area contributed by atoms with E-state index in [1.165, 1.54) is 0 Å². The predicted octanol–water partition coefficient (Wildman–Crippen LogP) is 4.20. The second-order valence-electron chi connectivity index (χ2n) is 3.66. The Kier molecular flexibility index (Phi) is 3.11. The van der Waals surface area contributed by atoms with E-state index in [0.717, 1.165) is 23.0 Å². The summed E-state index contributed by atoms with van der Waals surface area (Å²) in [6, 6.07) is 3.55. The van der Waals surface area contributed by atoms with E-state index in [2.05, 4.69) is 14.1 Å². The molecule has 3 aromatic rings. The number of benzene rings is 1. The van der Waals surface area contributed by atoms with Crippen molar-refractivity contribution in [1.82, 2.24) is 8.75 Å². The van der Waals surface area contributed by atoms with Crippen LogP contribution in [0, 0.1) is 0 Å². The highest BCUT2D eigenvalue weighted by Gasteiger charge is 2.13. The Morgan fingerprint density at radius 1 is 1.22 bits per heavy atom. The van der Waals surface area contributed by atoms with E-state index in [1.54, 1.807) is 18.6 Å². The van der Waals surface area contributed by atoms with Crippen LogP contribution in [-0.4, -0.2) is 8.75 Å². The monoisotopic (exact) mass is 299 g/mol. The summed E-state index contributed by atoms with van der Waals surface area (Å²) in [5.41, 5.74) is 3.13. The van der Waals surface area contributed by atoms with Gasteiger partial charge in [0.2, 0.25) is 0 Å². The molecule has 4 nitrogen and oxygen atoms in total. The lowest BCUT2D eigenvalue weighted by Crippen LogP contribution is -1.99. The van der Waals surface area contributed by atoms with Crippen molar-refractivity contribution in [1.29, 1.82) is 0 Å². The van der Waals surface area contributed by atoms with Crippen LogP contribution in [0.25, 0.3) is 11.0 Å². The van der Waals surface area contributed by atoms with Gasteiger partial charge in [0.25, 0.3) is 0 Å². The number of rotatable bonds is 3. The number of hydrogen-bond acceptors (Lipinski definition) is 5. The van der Waals surface area contributed by atoms with Crippen molar-refractivity contribution < 1.29 is 4.42 Å². The zero-order valence-corrected chi connectivity index (χ0v) is 11.3. The van der Waals surface area contributed by atoms with Gasteiger partial charge in [-0.2, -0.15) is 8.75 Å². The van der Waals surface area contributed by atoms with Crippen LogP contribution in [-0.2, 0) is 6.54 Å². The number of furan rings is 1. The first-order chi connectivity index (χ1) is 8.75. The van der Waals surface area contributed by atoms with Gasteiger partial charge in [-0.25, -0.2) is 0 Å². The average molecular weight is 300 g/mol. The third-order valence-electron chi connectivity index (χ3n) is 2.49. The van der Waals surface area contributed by atoms with Gasteiger partial charge in [0.15, 0.2) is 0 Å². The molecular formula is C11H7Cl2N3OS. The Bertz CT molecular complexity index is 681. The molecule has 92 valence electrons. The quantitative estimate of drug-likeness (QED) is 0.787. The van der Waals surface area contributed by atoms with Gasteiger partial charge in [0, 0.05) is 12.1 Å². The van der Waals surface area contributed by atoms with Crippen LogP contribution in [0.3, 0.4) is 0 Å². The van der Waals surface area contributed by atoms with Gasteiger partial charge in [-0.15, -0.1) is 0 Å². The normalized spacial score (nSPS) is 11.0. The summed E-state index contributed by atoms with van der Waals surface area (Å²) < 4.78 is 13.4. The molecule has 0 unspecified atom stereocenters. The first-order valence-corrected chi connectivity index (χ1v) is 6.59. The van der Waals surface area contributed by atoms with Crippen molar-refractivity contribution in [2.75, 3.05) is 5.32 Å². The maximum Gasteiger partial charge on any atom is 0.130 e. The fourth-order valence-electron chi connectivity index (χ4n) is 1.63. The van der Waals surface area contributed by atoms with Gasteiger partial charge < -0.3 is 9.73 Å². The molecule has 0 aliphatic rings. The van der Waals surface area contributed by atoms with Crippen molar-refractivity contribution in [3.05, 3.63) is 40.3 Å². The van der Waals surface area contributed by atoms with E-state index < -0.39 is 0 Å². The zero-order chi connectivity index (χ0) is 12.5. The maximum absolute atomic E-state index is 6.17. The van der Waals surface area contributed by atoms with Gasteiger partial charge in [-0.3, -0.25) is 0 Å². The summed E-state index contributed by atoms with van der Waals surface area (Å²) in [7, 11) is 0. The molecule has 0 aliphatic heterocycles. The lowest BCUT2D eigenvalue weighted by atomic mass is 10.2. The van der Waals surface area contributed by atoms with Crippen molar-refractivity contribution in [3.8, 4) is 0 Å². The van der Waals surface area contributed by atoms with Crippen LogP contribution in [0.2, 0.25) is 10.0 Å². The van der Waals surface area contributed by atoms with Crippen LogP contribution in [0.4, 0.5) is 5.69 Å². The van der Waals surface area contributed by atoms with Crippen LogP contribution in [0.15, 0.2) is 29.1 Å². The number of hydrogen-bond donors (Lipinski definition) is 1. The summed E-state index contributed by atoms with van der Waals surface area (Å²) in [5.74, 6) is 0. The molecule has 1 aromatic carbocycles. The lowest BCUT2D eigenvalue weighted by molar-refractivity contribution is 0.564. The summed E-state index contributed by atoms with van der Waals surface area (Å²) in [6.07, 6.45) is 3.30. The molecule has 0 aliphatic carbocycles. The molecule has 0 radical (unpaired) electrons. The van der Waals surface area contributed by atoms with E-state index in [4.69, 9.17) is 27.6 Å². The Balaban J connectivity index is 1.98. The van der Waals surface area contributed by atoms with Crippen LogP contribution < -0.4 is 5.32 Å². The molecular weight excluding hydrogens is 293 g/mol. The average Bonchev–Trinajstić information content (AvgIpc) is 2.98. The molecule has 0 fully saturated rings.